The van der Waals surface area contributed by atoms with E-state index in [9.17, 15) is 0 Å². The quantitative estimate of drug-likeness (QED) is 0.290. The van der Waals surface area contributed by atoms with Crippen molar-refractivity contribution in [3.05, 3.63) is 17.5 Å². The standard InChI is InChI=1S/C15H30N6.HI/c1-6-20(5)11-9-18-15(16-4)17-8-7-10-21-14(3)12-13(2)19-21;/h12H,6-11H2,1-5H3,(H2,16,17,18);1H. The summed E-state index contributed by atoms with van der Waals surface area (Å²) in [6.07, 6.45) is 1.03. The molecule has 0 amide bonds. The topological polar surface area (TPSA) is 57.5 Å². The van der Waals surface area contributed by atoms with Gasteiger partial charge >= 0.3 is 0 Å². The van der Waals surface area contributed by atoms with E-state index in [2.05, 4.69) is 57.3 Å². The zero-order chi connectivity index (χ0) is 15.7. The SMILES string of the molecule is CCN(C)CCNC(=NC)NCCCn1nc(C)cc1C.I. The van der Waals surface area contributed by atoms with Crippen LogP contribution in [0, 0.1) is 13.8 Å². The maximum Gasteiger partial charge on any atom is 0.191 e. The lowest BCUT2D eigenvalue weighted by atomic mass is 10.4. The van der Waals surface area contributed by atoms with Crippen LogP contribution in [0.5, 0.6) is 0 Å². The highest BCUT2D eigenvalue weighted by Crippen LogP contribution is 2.02. The molecule has 128 valence electrons. The van der Waals surface area contributed by atoms with E-state index in [0.29, 0.717) is 0 Å². The van der Waals surface area contributed by atoms with E-state index in [4.69, 9.17) is 0 Å². The zero-order valence-corrected chi connectivity index (χ0v) is 16.8. The van der Waals surface area contributed by atoms with Gasteiger partial charge in [-0.25, -0.2) is 0 Å². The highest BCUT2D eigenvalue weighted by Gasteiger charge is 2.01. The summed E-state index contributed by atoms with van der Waals surface area (Å²) in [7, 11) is 3.92. The van der Waals surface area contributed by atoms with Gasteiger partial charge in [0.05, 0.1) is 5.69 Å². The van der Waals surface area contributed by atoms with Crippen molar-refractivity contribution in [1.82, 2.24) is 25.3 Å². The van der Waals surface area contributed by atoms with Gasteiger partial charge in [0.15, 0.2) is 5.96 Å². The highest BCUT2D eigenvalue weighted by atomic mass is 127. The van der Waals surface area contributed by atoms with Crippen molar-refractivity contribution < 1.29 is 0 Å². The Balaban J connectivity index is 0.00000441. The molecule has 1 aromatic rings. The second-order valence-electron chi connectivity index (χ2n) is 5.33. The molecule has 0 radical (unpaired) electrons. The molecule has 0 aromatic carbocycles. The number of halogens is 1. The van der Waals surface area contributed by atoms with E-state index in [1.807, 2.05) is 6.92 Å². The molecule has 0 aliphatic rings. The Kier molecular flexibility index (Phi) is 11.3. The molecular weight excluding hydrogens is 391 g/mol. The summed E-state index contributed by atoms with van der Waals surface area (Å²) in [4.78, 5) is 6.50. The molecular formula is C15H31IN6. The normalized spacial score (nSPS) is 11.5. The molecule has 6 nitrogen and oxygen atoms in total. The first kappa shape index (κ1) is 21.2. The van der Waals surface area contributed by atoms with Gasteiger partial charge in [-0.05, 0) is 39.9 Å². The van der Waals surface area contributed by atoms with Crippen molar-refractivity contribution in [3.63, 3.8) is 0 Å². The maximum absolute atomic E-state index is 4.46. The Morgan fingerprint density at radius 2 is 2.00 bits per heavy atom. The Morgan fingerprint density at radius 1 is 1.32 bits per heavy atom. The van der Waals surface area contributed by atoms with Crippen molar-refractivity contribution in [2.24, 2.45) is 4.99 Å². The summed E-state index contributed by atoms with van der Waals surface area (Å²) in [6.45, 7) is 11.1. The highest BCUT2D eigenvalue weighted by molar-refractivity contribution is 14.0. The molecule has 0 saturated carbocycles. The van der Waals surface area contributed by atoms with Gasteiger partial charge < -0.3 is 15.5 Å². The van der Waals surface area contributed by atoms with Gasteiger partial charge in [-0.15, -0.1) is 24.0 Å². The van der Waals surface area contributed by atoms with Crippen LogP contribution >= 0.6 is 24.0 Å². The van der Waals surface area contributed by atoms with Crippen LogP contribution in [0.1, 0.15) is 24.7 Å². The minimum atomic E-state index is 0. The number of nitrogens with one attached hydrogen (secondary N) is 2. The molecule has 0 saturated heterocycles. The monoisotopic (exact) mass is 422 g/mol. The number of rotatable bonds is 8. The fourth-order valence-corrected chi connectivity index (χ4v) is 2.08. The first-order valence-electron chi connectivity index (χ1n) is 7.71. The third-order valence-electron chi connectivity index (χ3n) is 3.49. The second kappa shape index (κ2) is 11.7. The average Bonchev–Trinajstić information content (AvgIpc) is 2.79. The molecule has 1 heterocycles. The number of guanidine groups is 1. The molecule has 0 aliphatic carbocycles. The van der Waals surface area contributed by atoms with E-state index in [1.165, 1.54) is 5.69 Å². The van der Waals surface area contributed by atoms with Gasteiger partial charge in [0.1, 0.15) is 0 Å². The minimum Gasteiger partial charge on any atom is -0.356 e. The zero-order valence-electron chi connectivity index (χ0n) is 14.5. The van der Waals surface area contributed by atoms with Gasteiger partial charge in [-0.3, -0.25) is 9.67 Å². The molecule has 1 aromatic heterocycles. The van der Waals surface area contributed by atoms with E-state index in [0.717, 1.165) is 50.8 Å². The second-order valence-corrected chi connectivity index (χ2v) is 5.33. The molecule has 0 aliphatic heterocycles. The van der Waals surface area contributed by atoms with Gasteiger partial charge in [-0.2, -0.15) is 5.10 Å². The van der Waals surface area contributed by atoms with E-state index >= 15 is 0 Å². The largest absolute Gasteiger partial charge is 0.356 e. The molecule has 7 heteroatoms. The van der Waals surface area contributed by atoms with Crippen molar-refractivity contribution in [3.8, 4) is 0 Å². The summed E-state index contributed by atoms with van der Waals surface area (Å²) in [5, 5.41) is 11.1. The van der Waals surface area contributed by atoms with Gasteiger partial charge in [0.25, 0.3) is 0 Å². The fourth-order valence-electron chi connectivity index (χ4n) is 2.08. The lowest BCUT2D eigenvalue weighted by Crippen LogP contribution is -2.41. The summed E-state index contributed by atoms with van der Waals surface area (Å²) in [5.41, 5.74) is 2.30. The number of aliphatic imine (C=N–C) groups is 1. The van der Waals surface area contributed by atoms with Crippen molar-refractivity contribution in [1.29, 1.82) is 0 Å². The van der Waals surface area contributed by atoms with Crippen LogP contribution in [-0.2, 0) is 6.54 Å². The van der Waals surface area contributed by atoms with E-state index in [-0.39, 0.29) is 24.0 Å². The number of likely N-dealkylation sites (N-methyl/N-ethyl adjacent to an activating group) is 1. The summed E-state index contributed by atoms with van der Waals surface area (Å²) >= 11 is 0. The van der Waals surface area contributed by atoms with Crippen molar-refractivity contribution in [2.45, 2.75) is 33.7 Å². The molecule has 0 spiro atoms. The molecule has 1 rings (SSSR count). The Bertz CT molecular complexity index is 443. The van der Waals surface area contributed by atoms with E-state index < -0.39 is 0 Å². The van der Waals surface area contributed by atoms with Crippen LogP contribution in [0.4, 0.5) is 0 Å². The van der Waals surface area contributed by atoms with Crippen LogP contribution < -0.4 is 10.6 Å². The Hall–Kier alpha value is -0.830. The first-order chi connectivity index (χ1) is 10.1. The third kappa shape index (κ3) is 7.98. The molecule has 0 atom stereocenters. The predicted molar refractivity (Wildman–Crippen MR) is 104 cm³/mol. The molecule has 0 unspecified atom stereocenters. The van der Waals surface area contributed by atoms with Crippen LogP contribution in [0.15, 0.2) is 11.1 Å². The number of nitrogens with zero attached hydrogens (tertiary/aromatic N) is 4. The Labute approximate surface area is 151 Å². The molecule has 0 fully saturated rings. The lowest BCUT2D eigenvalue weighted by Gasteiger charge is -2.16. The summed E-state index contributed by atoms with van der Waals surface area (Å²) in [6, 6.07) is 2.11. The van der Waals surface area contributed by atoms with Crippen LogP contribution in [0.3, 0.4) is 0 Å². The number of aromatic nitrogens is 2. The molecule has 0 bridgehead atoms. The van der Waals surface area contributed by atoms with Crippen LogP contribution in [0.2, 0.25) is 0 Å². The van der Waals surface area contributed by atoms with Gasteiger partial charge in [0, 0.05) is 38.9 Å². The van der Waals surface area contributed by atoms with Crippen LogP contribution in [0.25, 0.3) is 0 Å². The maximum atomic E-state index is 4.46. The van der Waals surface area contributed by atoms with Crippen molar-refractivity contribution >= 4 is 29.9 Å². The number of aryl methyl sites for hydroxylation is 3. The Morgan fingerprint density at radius 3 is 2.55 bits per heavy atom. The predicted octanol–water partition coefficient (Wildman–Crippen LogP) is 1.62. The summed E-state index contributed by atoms with van der Waals surface area (Å²) < 4.78 is 2.06. The van der Waals surface area contributed by atoms with Gasteiger partial charge in [-0.1, -0.05) is 6.92 Å². The number of hydrogen-bond donors (Lipinski definition) is 2. The average molecular weight is 422 g/mol. The van der Waals surface area contributed by atoms with Crippen molar-refractivity contribution in [2.75, 3.05) is 40.3 Å². The lowest BCUT2D eigenvalue weighted by molar-refractivity contribution is 0.357. The van der Waals surface area contributed by atoms with E-state index in [1.54, 1.807) is 7.05 Å². The first-order valence-corrected chi connectivity index (χ1v) is 7.71. The third-order valence-corrected chi connectivity index (χ3v) is 3.49. The van der Waals surface area contributed by atoms with Gasteiger partial charge in [0.2, 0.25) is 0 Å². The van der Waals surface area contributed by atoms with Crippen LogP contribution in [-0.4, -0.2) is 60.9 Å². The molecule has 22 heavy (non-hydrogen) atoms. The smallest absolute Gasteiger partial charge is 0.191 e. The fraction of sp³-hybridized carbons (Fsp3) is 0.733. The summed E-state index contributed by atoms with van der Waals surface area (Å²) in [5.74, 6) is 0.868. The molecule has 2 N–H and O–H groups in total. The minimum absolute atomic E-state index is 0. The number of hydrogen-bond acceptors (Lipinski definition) is 3.